The van der Waals surface area contributed by atoms with Gasteiger partial charge in [-0.15, -0.1) is 5.10 Å². The molecule has 0 saturated carbocycles. The first-order valence-corrected chi connectivity index (χ1v) is 9.08. The van der Waals surface area contributed by atoms with Crippen molar-refractivity contribution in [2.75, 3.05) is 23.8 Å². The zero-order valence-corrected chi connectivity index (χ0v) is 13.2. The Kier molecular flexibility index (Phi) is 6.73. The van der Waals surface area contributed by atoms with Crippen LogP contribution in [0.15, 0.2) is 5.16 Å². The third-order valence-electron chi connectivity index (χ3n) is 2.44. The quantitative estimate of drug-likeness (QED) is 0.652. The normalized spacial score (nSPS) is 12.2. The van der Waals surface area contributed by atoms with Gasteiger partial charge in [0.2, 0.25) is 5.16 Å². The minimum atomic E-state index is -2.92. The van der Waals surface area contributed by atoms with Crippen LogP contribution in [0.3, 0.4) is 0 Å². The second-order valence-electron chi connectivity index (χ2n) is 4.38. The summed E-state index contributed by atoms with van der Waals surface area (Å²) in [6, 6.07) is 0.419. The van der Waals surface area contributed by atoms with E-state index >= 15 is 0 Å². The predicted octanol–water partition coefficient (Wildman–Crippen LogP) is 0.198. The average Bonchev–Trinajstić information content (AvgIpc) is 2.76. The first kappa shape index (κ1) is 16.4. The Morgan fingerprint density at radius 3 is 2.79 bits per heavy atom. The maximum Gasteiger partial charge on any atom is 0.209 e. The highest BCUT2D eigenvalue weighted by Crippen LogP contribution is 2.13. The van der Waals surface area contributed by atoms with Gasteiger partial charge in [0.05, 0.1) is 12.3 Å². The summed E-state index contributed by atoms with van der Waals surface area (Å²) < 4.78 is 24.4. The first-order chi connectivity index (χ1) is 8.94. The summed E-state index contributed by atoms with van der Waals surface area (Å²) in [4.78, 5) is 0. The number of aromatic nitrogens is 4. The molecule has 0 radical (unpaired) electrons. The molecule has 0 aliphatic rings. The molecule has 1 rings (SSSR count). The SMILES string of the molecule is CCS(=O)(=O)CCSc1nnnn1CCNC(C)C. The van der Waals surface area contributed by atoms with Crippen LogP contribution in [0.4, 0.5) is 0 Å². The maximum absolute atomic E-state index is 11.4. The van der Waals surface area contributed by atoms with Crippen LogP contribution in [0.25, 0.3) is 0 Å². The van der Waals surface area contributed by atoms with Crippen LogP contribution in [0.5, 0.6) is 0 Å². The van der Waals surface area contributed by atoms with Gasteiger partial charge >= 0.3 is 0 Å². The predicted molar refractivity (Wildman–Crippen MR) is 76.0 cm³/mol. The van der Waals surface area contributed by atoms with E-state index < -0.39 is 9.84 Å². The molecule has 0 spiro atoms. The number of hydrogen-bond donors (Lipinski definition) is 1. The summed E-state index contributed by atoms with van der Waals surface area (Å²) in [6.07, 6.45) is 0. The highest BCUT2D eigenvalue weighted by atomic mass is 32.2. The minimum absolute atomic E-state index is 0.158. The van der Waals surface area contributed by atoms with Gasteiger partial charge in [0.15, 0.2) is 9.84 Å². The molecule has 0 aliphatic carbocycles. The number of sulfone groups is 1. The van der Waals surface area contributed by atoms with Gasteiger partial charge in [-0.3, -0.25) is 0 Å². The van der Waals surface area contributed by atoms with Gasteiger partial charge in [0, 0.05) is 24.1 Å². The van der Waals surface area contributed by atoms with Gasteiger partial charge in [-0.25, -0.2) is 13.1 Å². The van der Waals surface area contributed by atoms with Crippen molar-refractivity contribution >= 4 is 21.6 Å². The molecule has 0 saturated heterocycles. The summed E-state index contributed by atoms with van der Waals surface area (Å²) in [7, 11) is -2.92. The van der Waals surface area contributed by atoms with E-state index in [2.05, 4.69) is 34.7 Å². The van der Waals surface area contributed by atoms with Crippen LogP contribution in [0, 0.1) is 0 Å². The fourth-order valence-corrected chi connectivity index (χ4v) is 3.49. The molecule has 9 heteroatoms. The summed E-state index contributed by atoms with van der Waals surface area (Å²) in [5.74, 6) is 0.816. The molecule has 1 aromatic rings. The third kappa shape index (κ3) is 6.35. The fourth-order valence-electron chi connectivity index (χ4n) is 1.30. The number of nitrogens with one attached hydrogen (secondary N) is 1. The summed E-state index contributed by atoms with van der Waals surface area (Å²) in [6.45, 7) is 7.26. The molecule has 0 amide bonds. The van der Waals surface area contributed by atoms with Crippen LogP contribution in [0.2, 0.25) is 0 Å². The van der Waals surface area contributed by atoms with E-state index in [1.165, 1.54) is 11.8 Å². The smallest absolute Gasteiger partial charge is 0.209 e. The summed E-state index contributed by atoms with van der Waals surface area (Å²) in [5, 5.41) is 15.4. The highest BCUT2D eigenvalue weighted by molar-refractivity contribution is 8.00. The fraction of sp³-hybridized carbons (Fsp3) is 0.900. The summed E-state index contributed by atoms with van der Waals surface area (Å²) in [5.41, 5.74) is 0. The van der Waals surface area contributed by atoms with E-state index in [0.29, 0.717) is 23.5 Å². The zero-order chi connectivity index (χ0) is 14.3. The number of thioether (sulfide) groups is 1. The van der Waals surface area contributed by atoms with Crippen molar-refractivity contribution in [3.8, 4) is 0 Å². The van der Waals surface area contributed by atoms with Crippen molar-refractivity contribution in [3.05, 3.63) is 0 Å². The molecule has 1 heterocycles. The molecule has 0 aromatic carbocycles. The van der Waals surface area contributed by atoms with Crippen LogP contribution < -0.4 is 5.32 Å². The second-order valence-corrected chi connectivity index (χ2v) is 7.91. The molecule has 0 atom stereocenters. The lowest BCUT2D eigenvalue weighted by Gasteiger charge is -2.08. The molecule has 0 fully saturated rings. The van der Waals surface area contributed by atoms with Gasteiger partial charge in [-0.2, -0.15) is 0 Å². The van der Waals surface area contributed by atoms with Gasteiger partial charge in [0.25, 0.3) is 0 Å². The Balaban J connectivity index is 2.40. The molecule has 7 nitrogen and oxygen atoms in total. The number of rotatable bonds is 9. The Morgan fingerprint density at radius 2 is 2.16 bits per heavy atom. The number of nitrogens with zero attached hydrogens (tertiary/aromatic N) is 4. The van der Waals surface area contributed by atoms with Crippen LogP contribution >= 0.6 is 11.8 Å². The molecular formula is C10H21N5O2S2. The zero-order valence-electron chi connectivity index (χ0n) is 11.5. The van der Waals surface area contributed by atoms with Crippen LogP contribution in [-0.4, -0.2) is 58.5 Å². The van der Waals surface area contributed by atoms with Crippen molar-refractivity contribution in [3.63, 3.8) is 0 Å². The van der Waals surface area contributed by atoms with E-state index in [-0.39, 0.29) is 11.5 Å². The maximum atomic E-state index is 11.4. The molecule has 1 N–H and O–H groups in total. The van der Waals surface area contributed by atoms with E-state index in [0.717, 1.165) is 6.54 Å². The van der Waals surface area contributed by atoms with E-state index in [1.54, 1.807) is 11.6 Å². The van der Waals surface area contributed by atoms with Gasteiger partial charge in [0.1, 0.15) is 0 Å². The molecule has 0 aliphatic heterocycles. The lowest BCUT2D eigenvalue weighted by molar-refractivity contribution is 0.485. The van der Waals surface area contributed by atoms with Crippen molar-refractivity contribution < 1.29 is 8.42 Å². The van der Waals surface area contributed by atoms with Crippen LogP contribution in [0.1, 0.15) is 20.8 Å². The Labute approximate surface area is 118 Å². The standard InChI is InChI=1S/C10H21N5O2S2/c1-4-19(16,17)8-7-18-10-12-13-14-15(10)6-5-11-9(2)3/h9,11H,4-8H2,1-3H3. The third-order valence-corrected chi connectivity index (χ3v) is 5.36. The Morgan fingerprint density at radius 1 is 1.42 bits per heavy atom. The van der Waals surface area contributed by atoms with Crippen molar-refractivity contribution in [2.45, 2.75) is 38.5 Å². The lowest BCUT2D eigenvalue weighted by atomic mass is 10.4. The molecule has 110 valence electrons. The average molecular weight is 307 g/mol. The van der Waals surface area contributed by atoms with Crippen molar-refractivity contribution in [1.29, 1.82) is 0 Å². The Bertz CT molecular complexity index is 472. The van der Waals surface area contributed by atoms with Crippen molar-refractivity contribution in [2.24, 2.45) is 0 Å². The van der Waals surface area contributed by atoms with Gasteiger partial charge in [-0.05, 0) is 10.4 Å². The molecule has 0 bridgehead atoms. The van der Waals surface area contributed by atoms with E-state index in [4.69, 9.17) is 0 Å². The molecule has 0 unspecified atom stereocenters. The largest absolute Gasteiger partial charge is 0.313 e. The lowest BCUT2D eigenvalue weighted by Crippen LogP contribution is -2.27. The molecule has 19 heavy (non-hydrogen) atoms. The van der Waals surface area contributed by atoms with Crippen molar-refractivity contribution in [1.82, 2.24) is 25.5 Å². The van der Waals surface area contributed by atoms with Gasteiger partial charge < -0.3 is 5.32 Å². The first-order valence-electron chi connectivity index (χ1n) is 6.27. The van der Waals surface area contributed by atoms with Gasteiger partial charge in [-0.1, -0.05) is 32.5 Å². The molecule has 1 aromatic heterocycles. The molecular weight excluding hydrogens is 286 g/mol. The number of tetrazole rings is 1. The monoisotopic (exact) mass is 307 g/mol. The second kappa shape index (κ2) is 7.81. The van der Waals surface area contributed by atoms with E-state index in [9.17, 15) is 8.42 Å². The summed E-state index contributed by atoms with van der Waals surface area (Å²) >= 11 is 1.37. The topological polar surface area (TPSA) is 89.8 Å². The number of hydrogen-bond acceptors (Lipinski definition) is 7. The Hall–Kier alpha value is -0.670. The minimum Gasteiger partial charge on any atom is -0.313 e. The van der Waals surface area contributed by atoms with Crippen LogP contribution in [-0.2, 0) is 16.4 Å². The highest BCUT2D eigenvalue weighted by Gasteiger charge is 2.11. The van der Waals surface area contributed by atoms with E-state index in [1.807, 2.05) is 0 Å².